The van der Waals surface area contributed by atoms with E-state index in [0.717, 1.165) is 12.3 Å². The number of hydrogen-bond acceptors (Lipinski definition) is 2. The van der Waals surface area contributed by atoms with Gasteiger partial charge in [-0.25, -0.2) is 0 Å². The summed E-state index contributed by atoms with van der Waals surface area (Å²) in [5.74, 6) is 0.949. The van der Waals surface area contributed by atoms with E-state index < -0.39 is 0 Å². The normalized spacial score (nSPS) is 19.5. The van der Waals surface area contributed by atoms with Crippen molar-refractivity contribution in [2.24, 2.45) is 7.05 Å². The first-order chi connectivity index (χ1) is 9.63. The number of piperidine rings is 1. The number of nitrogens with zero attached hydrogens (tertiary/aromatic N) is 1. The maximum absolute atomic E-state index is 5.58. The zero-order chi connectivity index (χ0) is 14.3. The Morgan fingerprint density at radius 3 is 2.80 bits per heavy atom. The molecule has 20 heavy (non-hydrogen) atoms. The SMILES string of the molecule is COc1cc(C)cc2c(Br)c(C3CCCCN3)n(C)c12. The second-order valence-corrected chi connectivity index (χ2v) is 6.42. The van der Waals surface area contributed by atoms with Crippen LogP contribution < -0.4 is 10.1 Å². The average Bonchev–Trinajstić information content (AvgIpc) is 2.71. The first-order valence-corrected chi connectivity index (χ1v) is 7.98. The molecule has 1 atom stereocenters. The topological polar surface area (TPSA) is 26.2 Å². The van der Waals surface area contributed by atoms with Crippen molar-refractivity contribution in [1.82, 2.24) is 9.88 Å². The van der Waals surface area contributed by atoms with Gasteiger partial charge in [-0.3, -0.25) is 0 Å². The number of aryl methyl sites for hydroxylation is 2. The predicted octanol–water partition coefficient (Wildman–Crippen LogP) is 4.07. The fraction of sp³-hybridized carbons (Fsp3) is 0.500. The molecule has 1 aliphatic rings. The van der Waals surface area contributed by atoms with Crippen molar-refractivity contribution >= 4 is 26.8 Å². The van der Waals surface area contributed by atoms with Crippen LogP contribution in [0.5, 0.6) is 5.75 Å². The van der Waals surface area contributed by atoms with Crippen LogP contribution in [-0.2, 0) is 7.05 Å². The molecule has 4 heteroatoms. The lowest BCUT2D eigenvalue weighted by atomic mass is 10.0. The van der Waals surface area contributed by atoms with Gasteiger partial charge in [0.2, 0.25) is 0 Å². The molecule has 1 aromatic carbocycles. The molecule has 1 fully saturated rings. The molecule has 0 spiro atoms. The minimum Gasteiger partial charge on any atom is -0.495 e. The number of fused-ring (bicyclic) bond motifs is 1. The fourth-order valence-corrected chi connectivity index (χ4v) is 4.14. The highest BCUT2D eigenvalue weighted by molar-refractivity contribution is 9.10. The summed E-state index contributed by atoms with van der Waals surface area (Å²) in [5.41, 5.74) is 3.74. The van der Waals surface area contributed by atoms with E-state index in [0.29, 0.717) is 6.04 Å². The number of rotatable bonds is 2. The Morgan fingerprint density at radius 1 is 1.35 bits per heavy atom. The molecule has 1 aromatic heterocycles. The third-order valence-electron chi connectivity index (χ3n) is 4.24. The van der Waals surface area contributed by atoms with Crippen molar-refractivity contribution in [3.63, 3.8) is 0 Å². The molecule has 1 unspecified atom stereocenters. The molecule has 0 aliphatic carbocycles. The molecule has 3 nitrogen and oxygen atoms in total. The second-order valence-electron chi connectivity index (χ2n) is 5.62. The van der Waals surface area contributed by atoms with E-state index in [1.807, 2.05) is 0 Å². The second kappa shape index (κ2) is 5.41. The van der Waals surface area contributed by atoms with E-state index in [4.69, 9.17) is 4.74 Å². The monoisotopic (exact) mass is 336 g/mol. The molecule has 0 amide bonds. The van der Waals surface area contributed by atoms with E-state index in [1.165, 1.54) is 45.9 Å². The van der Waals surface area contributed by atoms with Crippen LogP contribution >= 0.6 is 15.9 Å². The third-order valence-corrected chi connectivity index (χ3v) is 5.07. The molecule has 1 saturated heterocycles. The molecule has 3 rings (SSSR count). The summed E-state index contributed by atoms with van der Waals surface area (Å²) in [5, 5.41) is 4.88. The van der Waals surface area contributed by atoms with Gasteiger partial charge in [-0.1, -0.05) is 6.42 Å². The fourth-order valence-electron chi connectivity index (χ4n) is 3.29. The van der Waals surface area contributed by atoms with Crippen molar-refractivity contribution in [3.8, 4) is 5.75 Å². The number of methoxy groups -OCH3 is 1. The van der Waals surface area contributed by atoms with Crippen molar-refractivity contribution in [1.29, 1.82) is 0 Å². The van der Waals surface area contributed by atoms with Gasteiger partial charge in [-0.2, -0.15) is 0 Å². The van der Waals surface area contributed by atoms with Gasteiger partial charge in [0.1, 0.15) is 5.75 Å². The molecule has 1 N–H and O–H groups in total. The number of nitrogens with one attached hydrogen (secondary N) is 1. The van der Waals surface area contributed by atoms with Gasteiger partial charge in [-0.15, -0.1) is 0 Å². The van der Waals surface area contributed by atoms with Crippen LogP contribution in [0.25, 0.3) is 10.9 Å². The highest BCUT2D eigenvalue weighted by atomic mass is 79.9. The number of benzene rings is 1. The quantitative estimate of drug-likeness (QED) is 0.894. The molecule has 0 saturated carbocycles. The summed E-state index contributed by atoms with van der Waals surface area (Å²) in [6.07, 6.45) is 3.77. The molecule has 0 bridgehead atoms. The lowest BCUT2D eigenvalue weighted by molar-refractivity contribution is 0.396. The van der Waals surface area contributed by atoms with Crippen LogP contribution in [0.3, 0.4) is 0 Å². The van der Waals surface area contributed by atoms with Crippen molar-refractivity contribution in [2.75, 3.05) is 13.7 Å². The summed E-state index contributed by atoms with van der Waals surface area (Å²) in [6, 6.07) is 4.77. The maximum Gasteiger partial charge on any atom is 0.143 e. The predicted molar refractivity (Wildman–Crippen MR) is 86.5 cm³/mol. The van der Waals surface area contributed by atoms with Crippen LogP contribution in [0.4, 0.5) is 0 Å². The Bertz CT molecular complexity index is 642. The highest BCUT2D eigenvalue weighted by Crippen LogP contribution is 2.40. The molecule has 108 valence electrons. The summed E-state index contributed by atoms with van der Waals surface area (Å²) in [6.45, 7) is 3.22. The maximum atomic E-state index is 5.58. The van der Waals surface area contributed by atoms with Crippen molar-refractivity contribution in [3.05, 3.63) is 27.9 Å². The summed E-state index contributed by atoms with van der Waals surface area (Å²) < 4.78 is 9.07. The Morgan fingerprint density at radius 2 is 2.15 bits per heavy atom. The summed E-state index contributed by atoms with van der Waals surface area (Å²) in [7, 11) is 3.88. The van der Waals surface area contributed by atoms with Gasteiger partial charge < -0.3 is 14.6 Å². The molecule has 2 heterocycles. The molecule has 0 radical (unpaired) electrons. The lowest BCUT2D eigenvalue weighted by Gasteiger charge is -2.24. The number of ether oxygens (including phenoxy) is 1. The Hall–Kier alpha value is -1.00. The molecular weight excluding hydrogens is 316 g/mol. The van der Waals surface area contributed by atoms with Crippen molar-refractivity contribution in [2.45, 2.75) is 32.2 Å². The van der Waals surface area contributed by atoms with Crippen LogP contribution in [0.2, 0.25) is 0 Å². The lowest BCUT2D eigenvalue weighted by Crippen LogP contribution is -2.28. The van der Waals surface area contributed by atoms with Crippen LogP contribution in [0, 0.1) is 6.92 Å². The van der Waals surface area contributed by atoms with Gasteiger partial charge in [0.15, 0.2) is 0 Å². The van der Waals surface area contributed by atoms with E-state index in [2.05, 4.69) is 51.9 Å². The summed E-state index contributed by atoms with van der Waals surface area (Å²) >= 11 is 3.82. The van der Waals surface area contributed by atoms with Crippen LogP contribution in [-0.4, -0.2) is 18.2 Å². The van der Waals surface area contributed by atoms with Crippen LogP contribution in [0.1, 0.15) is 36.6 Å². The first-order valence-electron chi connectivity index (χ1n) is 7.19. The Kier molecular flexibility index (Phi) is 3.78. The van der Waals surface area contributed by atoms with Crippen molar-refractivity contribution < 1.29 is 4.74 Å². The van der Waals surface area contributed by atoms with E-state index in [9.17, 15) is 0 Å². The molecular formula is C16H21BrN2O. The minimum absolute atomic E-state index is 0.431. The van der Waals surface area contributed by atoms with Gasteiger partial charge in [0.05, 0.1) is 12.6 Å². The Labute approximate surface area is 128 Å². The first kappa shape index (κ1) is 14.0. The van der Waals surface area contributed by atoms with Crippen LogP contribution in [0.15, 0.2) is 16.6 Å². The smallest absolute Gasteiger partial charge is 0.143 e. The van der Waals surface area contributed by atoms with Gasteiger partial charge in [-0.05, 0) is 59.9 Å². The Balaban J connectivity index is 2.23. The third kappa shape index (κ3) is 2.15. The number of aromatic nitrogens is 1. The molecule has 2 aromatic rings. The number of hydrogen-bond donors (Lipinski definition) is 1. The zero-order valence-electron chi connectivity index (χ0n) is 12.3. The average molecular weight is 337 g/mol. The number of halogens is 1. The standard InChI is InChI=1S/C16H21BrN2O/c1-10-8-11-14(17)16(12-6-4-5-7-18-12)19(2)15(11)13(9-10)20-3/h8-9,12,18H,4-7H2,1-3H3. The largest absolute Gasteiger partial charge is 0.495 e. The van der Waals surface area contributed by atoms with Gasteiger partial charge in [0.25, 0.3) is 0 Å². The summed E-state index contributed by atoms with van der Waals surface area (Å²) in [4.78, 5) is 0. The molecule has 1 aliphatic heterocycles. The van der Waals surface area contributed by atoms with Gasteiger partial charge >= 0.3 is 0 Å². The van der Waals surface area contributed by atoms with E-state index in [1.54, 1.807) is 7.11 Å². The van der Waals surface area contributed by atoms with E-state index >= 15 is 0 Å². The highest BCUT2D eigenvalue weighted by Gasteiger charge is 2.24. The minimum atomic E-state index is 0.431. The zero-order valence-corrected chi connectivity index (χ0v) is 13.9. The van der Waals surface area contributed by atoms with Gasteiger partial charge in [0, 0.05) is 28.6 Å². The van der Waals surface area contributed by atoms with E-state index in [-0.39, 0.29) is 0 Å².